The summed E-state index contributed by atoms with van der Waals surface area (Å²) >= 11 is 0. The van der Waals surface area contributed by atoms with Gasteiger partial charge in [-0.05, 0) is 90.0 Å². The smallest absolute Gasteiger partial charge is 0.258 e. The van der Waals surface area contributed by atoms with Gasteiger partial charge in [-0.2, -0.15) is 0 Å². The van der Waals surface area contributed by atoms with Crippen LogP contribution in [0.25, 0.3) is 10.8 Å². The summed E-state index contributed by atoms with van der Waals surface area (Å²) in [4.78, 5) is 34.8. The first-order valence-electron chi connectivity index (χ1n) is 18.4. The number of halogens is 1. The van der Waals surface area contributed by atoms with Crippen molar-refractivity contribution in [2.45, 2.75) is 38.3 Å². The van der Waals surface area contributed by atoms with Crippen molar-refractivity contribution in [2.24, 2.45) is 5.92 Å². The Hall–Kier alpha value is -5.05. The molecule has 268 valence electrons. The fraction of sp³-hybridized carbons (Fsp3) is 0.318. The summed E-state index contributed by atoms with van der Waals surface area (Å²) in [5, 5.41) is 2.14. The molecule has 2 fully saturated rings. The van der Waals surface area contributed by atoms with Crippen LogP contribution in [0.2, 0.25) is 0 Å². The molecular formula is C44H46FN3O4. The number of amides is 2. The molecule has 0 radical (unpaired) electrons. The molecule has 2 aliphatic rings. The van der Waals surface area contributed by atoms with Gasteiger partial charge in [-0.25, -0.2) is 4.39 Å². The Bertz CT molecular complexity index is 1950. The van der Waals surface area contributed by atoms with Gasteiger partial charge in [0.2, 0.25) is 0 Å². The molecule has 7 rings (SSSR count). The van der Waals surface area contributed by atoms with Crippen LogP contribution in [0.5, 0.6) is 5.75 Å². The Labute approximate surface area is 305 Å². The van der Waals surface area contributed by atoms with Crippen LogP contribution in [0.4, 0.5) is 10.1 Å². The molecule has 1 heterocycles. The van der Waals surface area contributed by atoms with E-state index in [1.165, 1.54) is 12.1 Å². The van der Waals surface area contributed by atoms with Crippen LogP contribution in [-0.4, -0.2) is 73.7 Å². The van der Waals surface area contributed by atoms with E-state index in [2.05, 4.69) is 23.1 Å². The second kappa shape index (κ2) is 17.0. The third kappa shape index (κ3) is 8.87. The fourth-order valence-corrected chi connectivity index (χ4v) is 7.52. The Balaban J connectivity index is 1.12. The number of carbonyl (C=O) groups excluding carboxylic acids is 2. The van der Waals surface area contributed by atoms with E-state index in [1.54, 1.807) is 12.1 Å². The average Bonchev–Trinajstić information content (AvgIpc) is 3.19. The lowest BCUT2D eigenvalue weighted by molar-refractivity contribution is 0.0322. The summed E-state index contributed by atoms with van der Waals surface area (Å²) in [5.74, 6) is 0.266. The van der Waals surface area contributed by atoms with Crippen LogP contribution in [0.15, 0.2) is 121 Å². The maximum atomic E-state index is 14.4. The highest BCUT2D eigenvalue weighted by Crippen LogP contribution is 2.33. The third-order valence-electron chi connectivity index (χ3n) is 10.3. The van der Waals surface area contributed by atoms with Crippen molar-refractivity contribution in [1.82, 2.24) is 9.80 Å². The predicted octanol–water partition coefficient (Wildman–Crippen LogP) is 8.24. The molecule has 0 spiro atoms. The van der Waals surface area contributed by atoms with Crippen molar-refractivity contribution in [1.29, 1.82) is 0 Å². The van der Waals surface area contributed by atoms with Gasteiger partial charge in [0.05, 0.1) is 13.2 Å². The minimum Gasteiger partial charge on any atom is -0.492 e. The van der Waals surface area contributed by atoms with Gasteiger partial charge in [-0.15, -0.1) is 0 Å². The topological polar surface area (TPSA) is 62.3 Å². The highest BCUT2D eigenvalue weighted by Gasteiger charge is 2.33. The Morgan fingerprint density at radius 1 is 0.769 bits per heavy atom. The van der Waals surface area contributed by atoms with Gasteiger partial charge >= 0.3 is 0 Å². The van der Waals surface area contributed by atoms with Gasteiger partial charge in [-0.3, -0.25) is 14.5 Å². The number of fused-ring (bicyclic) bond motifs is 1. The van der Waals surface area contributed by atoms with Crippen LogP contribution in [0, 0.1) is 11.7 Å². The molecule has 2 unspecified atom stereocenters. The van der Waals surface area contributed by atoms with Crippen LogP contribution < -0.4 is 9.64 Å². The van der Waals surface area contributed by atoms with Gasteiger partial charge < -0.3 is 19.3 Å². The maximum Gasteiger partial charge on any atom is 0.258 e. The van der Waals surface area contributed by atoms with Crippen LogP contribution in [-0.2, 0) is 11.3 Å². The minimum absolute atomic E-state index is 0.00412. The summed E-state index contributed by atoms with van der Waals surface area (Å²) in [7, 11) is 0. The lowest BCUT2D eigenvalue weighted by Gasteiger charge is -2.39. The van der Waals surface area contributed by atoms with E-state index in [0.29, 0.717) is 36.6 Å². The highest BCUT2D eigenvalue weighted by molar-refractivity contribution is 6.06. The molecule has 1 saturated carbocycles. The van der Waals surface area contributed by atoms with Gasteiger partial charge in [0.15, 0.2) is 0 Å². The number of ether oxygens (including phenoxy) is 2. The first-order valence-corrected chi connectivity index (χ1v) is 18.4. The molecule has 1 aliphatic carbocycles. The van der Waals surface area contributed by atoms with Crippen LogP contribution in [0.3, 0.4) is 0 Å². The van der Waals surface area contributed by atoms with Gasteiger partial charge in [0.25, 0.3) is 11.8 Å². The van der Waals surface area contributed by atoms with Crippen LogP contribution >= 0.6 is 0 Å². The van der Waals surface area contributed by atoms with Gasteiger partial charge in [0, 0.05) is 61.6 Å². The number of benzene rings is 5. The van der Waals surface area contributed by atoms with E-state index in [9.17, 15) is 14.0 Å². The minimum atomic E-state index is -0.386. The number of hydrogen-bond acceptors (Lipinski definition) is 5. The summed E-state index contributed by atoms with van der Waals surface area (Å²) in [6.07, 6.45) is 3.52. The molecule has 0 aromatic heterocycles. The number of anilines is 1. The molecule has 52 heavy (non-hydrogen) atoms. The van der Waals surface area contributed by atoms with Crippen molar-refractivity contribution >= 4 is 28.3 Å². The monoisotopic (exact) mass is 699 g/mol. The first kappa shape index (κ1) is 35.4. The maximum absolute atomic E-state index is 14.4. The molecule has 5 aromatic carbocycles. The number of nitrogens with zero attached hydrogens (tertiary/aromatic N) is 3. The number of morpholine rings is 1. The zero-order valence-corrected chi connectivity index (χ0v) is 29.5. The van der Waals surface area contributed by atoms with Gasteiger partial charge in [0.1, 0.15) is 18.2 Å². The second-order valence-corrected chi connectivity index (χ2v) is 13.9. The molecule has 1 saturated heterocycles. The Kier molecular flexibility index (Phi) is 11.5. The van der Waals surface area contributed by atoms with Crippen molar-refractivity contribution in [2.75, 3.05) is 50.9 Å². The Morgan fingerprint density at radius 3 is 2.33 bits per heavy atom. The summed E-state index contributed by atoms with van der Waals surface area (Å²) in [5.41, 5.74) is 2.91. The fourth-order valence-electron chi connectivity index (χ4n) is 7.52. The standard InChI is InChI=1S/C44H46FN3O4/c45-39-20-18-36(19-21-39)43(49)48(41-14-7-15-42(30-41)52-27-24-46-22-25-51-26-23-46)32-34-10-6-13-40(28-34)47(31-33-8-2-1-3-9-33)44(50)38-17-16-35-11-4-5-12-37(35)29-38/h1-5,7-9,11-12,14-21,29-30,34,40H,6,10,13,22-28,31-32H2. The average molecular weight is 700 g/mol. The zero-order chi connectivity index (χ0) is 35.7. The predicted molar refractivity (Wildman–Crippen MR) is 203 cm³/mol. The quantitative estimate of drug-likeness (QED) is 0.131. The van der Waals surface area contributed by atoms with E-state index in [4.69, 9.17) is 9.47 Å². The summed E-state index contributed by atoms with van der Waals surface area (Å²) < 4.78 is 25.6. The SMILES string of the molecule is O=C(c1ccc(F)cc1)N(CC1CCCC(N(Cc2ccccc2)C(=O)c2ccc3ccccc3c2)C1)c1cccc(OCCN2CCOCC2)c1. The first-order chi connectivity index (χ1) is 25.5. The van der Waals surface area contributed by atoms with Gasteiger partial charge in [-0.1, -0.05) is 73.2 Å². The number of carbonyl (C=O) groups is 2. The normalized spacial score (nSPS) is 17.8. The van der Waals surface area contributed by atoms with Crippen molar-refractivity contribution in [3.63, 3.8) is 0 Å². The number of rotatable bonds is 12. The molecule has 0 N–H and O–H groups in total. The summed E-state index contributed by atoms with van der Waals surface area (Å²) in [6.45, 7) is 5.55. The molecule has 0 bridgehead atoms. The lowest BCUT2D eigenvalue weighted by Crippen LogP contribution is -2.45. The van der Waals surface area contributed by atoms with Crippen molar-refractivity contribution < 1.29 is 23.5 Å². The second-order valence-electron chi connectivity index (χ2n) is 13.9. The van der Waals surface area contributed by atoms with Crippen molar-refractivity contribution in [3.05, 3.63) is 144 Å². The number of hydrogen-bond donors (Lipinski definition) is 0. The lowest BCUT2D eigenvalue weighted by atomic mass is 9.83. The molecule has 2 amide bonds. The largest absolute Gasteiger partial charge is 0.492 e. The molecule has 2 atom stereocenters. The summed E-state index contributed by atoms with van der Waals surface area (Å²) in [6, 6.07) is 37.6. The zero-order valence-electron chi connectivity index (χ0n) is 29.5. The van der Waals surface area contributed by atoms with Crippen molar-refractivity contribution in [3.8, 4) is 5.75 Å². The van der Waals surface area contributed by atoms with Crippen LogP contribution in [0.1, 0.15) is 52.0 Å². The molecule has 1 aliphatic heterocycles. The Morgan fingerprint density at radius 2 is 1.52 bits per heavy atom. The molecular weight excluding hydrogens is 653 g/mol. The van der Waals surface area contributed by atoms with E-state index >= 15 is 0 Å². The van der Waals surface area contributed by atoms with E-state index < -0.39 is 0 Å². The van der Waals surface area contributed by atoms with E-state index in [0.717, 1.165) is 80.6 Å². The van der Waals surface area contributed by atoms with E-state index in [1.807, 2.05) is 88.7 Å². The third-order valence-corrected chi connectivity index (χ3v) is 10.3. The molecule has 7 nitrogen and oxygen atoms in total. The molecule has 5 aromatic rings. The van der Waals surface area contributed by atoms with E-state index in [-0.39, 0.29) is 29.6 Å². The molecule has 8 heteroatoms. The highest BCUT2D eigenvalue weighted by atomic mass is 19.1.